The number of carbonyl (C=O) groups is 1. The van der Waals surface area contributed by atoms with Gasteiger partial charge >= 0.3 is 5.97 Å². The maximum absolute atomic E-state index is 10.6. The minimum Gasteiger partial charge on any atom is -0.475 e. The Bertz CT molecular complexity index is 348. The predicted molar refractivity (Wildman–Crippen MR) is 44.9 cm³/mol. The molecule has 1 N–H and O–H groups in total. The van der Waals surface area contributed by atoms with Gasteiger partial charge in [-0.25, -0.2) is 4.79 Å². The molecule has 0 spiro atoms. The van der Waals surface area contributed by atoms with Crippen LogP contribution in [-0.2, 0) is 15.3 Å². The first-order valence-corrected chi connectivity index (χ1v) is 4.23. The van der Waals surface area contributed by atoms with Crippen molar-refractivity contribution in [2.45, 2.75) is 12.7 Å². The SMILES string of the molecule is CC1(c2ccc(C(=O)O)o2)OCCO1. The van der Waals surface area contributed by atoms with Crippen molar-refractivity contribution >= 4 is 5.97 Å². The van der Waals surface area contributed by atoms with E-state index >= 15 is 0 Å². The maximum Gasteiger partial charge on any atom is 0.371 e. The largest absolute Gasteiger partial charge is 0.475 e. The number of hydrogen-bond donors (Lipinski definition) is 1. The van der Waals surface area contributed by atoms with E-state index in [9.17, 15) is 4.79 Å². The molecule has 76 valence electrons. The monoisotopic (exact) mass is 198 g/mol. The van der Waals surface area contributed by atoms with Crippen LogP contribution < -0.4 is 0 Å². The van der Waals surface area contributed by atoms with Gasteiger partial charge in [0.05, 0.1) is 13.2 Å². The second kappa shape index (κ2) is 3.11. The van der Waals surface area contributed by atoms with Crippen molar-refractivity contribution in [2.75, 3.05) is 13.2 Å². The summed E-state index contributed by atoms with van der Waals surface area (Å²) in [5.74, 6) is -1.76. The lowest BCUT2D eigenvalue weighted by Crippen LogP contribution is -2.21. The van der Waals surface area contributed by atoms with Gasteiger partial charge in [0.25, 0.3) is 0 Å². The van der Waals surface area contributed by atoms with Crippen molar-refractivity contribution < 1.29 is 23.8 Å². The number of rotatable bonds is 2. The number of furan rings is 1. The zero-order valence-electron chi connectivity index (χ0n) is 7.65. The molecule has 1 aliphatic rings. The van der Waals surface area contributed by atoms with E-state index in [0.717, 1.165) is 0 Å². The molecular formula is C9H10O5. The van der Waals surface area contributed by atoms with Crippen LogP contribution in [0.2, 0.25) is 0 Å². The molecule has 1 aromatic heterocycles. The first kappa shape index (κ1) is 9.23. The molecule has 2 rings (SSSR count). The Morgan fingerprint density at radius 2 is 2.07 bits per heavy atom. The topological polar surface area (TPSA) is 68.9 Å². The van der Waals surface area contributed by atoms with E-state index in [4.69, 9.17) is 19.0 Å². The van der Waals surface area contributed by atoms with Crippen molar-refractivity contribution in [2.24, 2.45) is 0 Å². The molecular weight excluding hydrogens is 188 g/mol. The zero-order valence-corrected chi connectivity index (χ0v) is 7.65. The fourth-order valence-corrected chi connectivity index (χ4v) is 1.35. The van der Waals surface area contributed by atoms with Gasteiger partial charge in [-0.1, -0.05) is 0 Å². The molecule has 1 saturated heterocycles. The molecule has 1 aromatic rings. The number of carboxylic acid groups (broad SMARTS) is 1. The van der Waals surface area contributed by atoms with Gasteiger partial charge in [0.2, 0.25) is 11.5 Å². The molecule has 2 heterocycles. The predicted octanol–water partition coefficient (Wildman–Crippen LogP) is 1.20. The maximum atomic E-state index is 10.6. The lowest BCUT2D eigenvalue weighted by atomic mass is 10.2. The summed E-state index contributed by atoms with van der Waals surface area (Å²) in [6, 6.07) is 2.93. The molecule has 0 bridgehead atoms. The fraction of sp³-hybridized carbons (Fsp3) is 0.444. The molecule has 0 aliphatic carbocycles. The van der Waals surface area contributed by atoms with Crippen LogP contribution in [0, 0.1) is 0 Å². The molecule has 0 aromatic carbocycles. The molecule has 5 nitrogen and oxygen atoms in total. The Labute approximate surface area is 80.2 Å². The van der Waals surface area contributed by atoms with Gasteiger partial charge in [-0.2, -0.15) is 0 Å². The van der Waals surface area contributed by atoms with E-state index in [0.29, 0.717) is 19.0 Å². The van der Waals surface area contributed by atoms with Gasteiger partial charge < -0.3 is 19.0 Å². The summed E-state index contributed by atoms with van der Waals surface area (Å²) in [5.41, 5.74) is 0. The summed E-state index contributed by atoms with van der Waals surface area (Å²) >= 11 is 0. The third-order valence-electron chi connectivity index (χ3n) is 2.10. The smallest absolute Gasteiger partial charge is 0.371 e. The fourth-order valence-electron chi connectivity index (χ4n) is 1.35. The van der Waals surface area contributed by atoms with Crippen LogP contribution in [0.25, 0.3) is 0 Å². The Hall–Kier alpha value is -1.33. The summed E-state index contributed by atoms with van der Waals surface area (Å²) in [6.07, 6.45) is 0. The quantitative estimate of drug-likeness (QED) is 0.773. The van der Waals surface area contributed by atoms with Crippen molar-refractivity contribution in [3.05, 3.63) is 23.7 Å². The van der Waals surface area contributed by atoms with Gasteiger partial charge in [0, 0.05) is 0 Å². The van der Waals surface area contributed by atoms with Gasteiger partial charge in [0.15, 0.2) is 5.76 Å². The summed E-state index contributed by atoms with van der Waals surface area (Å²) in [6.45, 7) is 2.67. The Balaban J connectivity index is 2.28. The zero-order chi connectivity index (χ0) is 10.2. The lowest BCUT2D eigenvalue weighted by Gasteiger charge is -2.18. The molecule has 0 saturated carbocycles. The van der Waals surface area contributed by atoms with Crippen molar-refractivity contribution in [1.82, 2.24) is 0 Å². The van der Waals surface area contributed by atoms with Crippen LogP contribution >= 0.6 is 0 Å². The summed E-state index contributed by atoms with van der Waals surface area (Å²) < 4.78 is 15.7. The van der Waals surface area contributed by atoms with Crippen LogP contribution in [-0.4, -0.2) is 24.3 Å². The van der Waals surface area contributed by atoms with Crippen LogP contribution in [0.4, 0.5) is 0 Å². The first-order valence-electron chi connectivity index (χ1n) is 4.23. The molecule has 0 radical (unpaired) electrons. The third kappa shape index (κ3) is 1.40. The lowest BCUT2D eigenvalue weighted by molar-refractivity contribution is -0.163. The molecule has 5 heteroatoms. The van der Waals surface area contributed by atoms with Crippen LogP contribution in [0.5, 0.6) is 0 Å². The van der Waals surface area contributed by atoms with E-state index in [1.807, 2.05) is 0 Å². The average molecular weight is 198 g/mol. The second-order valence-electron chi connectivity index (χ2n) is 3.11. The third-order valence-corrected chi connectivity index (χ3v) is 2.10. The Kier molecular flexibility index (Phi) is 2.05. The van der Waals surface area contributed by atoms with Crippen molar-refractivity contribution in [3.63, 3.8) is 0 Å². The summed E-state index contributed by atoms with van der Waals surface area (Å²) in [7, 11) is 0. The summed E-state index contributed by atoms with van der Waals surface area (Å²) in [5, 5.41) is 8.65. The van der Waals surface area contributed by atoms with Crippen LogP contribution in [0.15, 0.2) is 16.5 Å². The molecule has 14 heavy (non-hydrogen) atoms. The number of carboxylic acids is 1. The van der Waals surface area contributed by atoms with Gasteiger partial charge in [-0.15, -0.1) is 0 Å². The molecule has 0 amide bonds. The minimum absolute atomic E-state index is 0.111. The highest BCUT2D eigenvalue weighted by Gasteiger charge is 2.36. The normalized spacial score (nSPS) is 19.8. The van der Waals surface area contributed by atoms with Gasteiger partial charge in [0.1, 0.15) is 0 Å². The number of ether oxygens (including phenoxy) is 2. The van der Waals surface area contributed by atoms with E-state index in [-0.39, 0.29) is 5.76 Å². The minimum atomic E-state index is -1.10. The van der Waals surface area contributed by atoms with E-state index in [2.05, 4.69) is 0 Å². The highest BCUT2D eigenvalue weighted by atomic mass is 16.7. The Morgan fingerprint density at radius 3 is 2.57 bits per heavy atom. The second-order valence-corrected chi connectivity index (χ2v) is 3.11. The highest BCUT2D eigenvalue weighted by molar-refractivity contribution is 5.84. The van der Waals surface area contributed by atoms with Crippen molar-refractivity contribution in [3.8, 4) is 0 Å². The number of hydrogen-bond acceptors (Lipinski definition) is 4. The van der Waals surface area contributed by atoms with Crippen LogP contribution in [0.1, 0.15) is 23.2 Å². The molecule has 1 aliphatic heterocycles. The molecule has 0 unspecified atom stereocenters. The Morgan fingerprint density at radius 1 is 1.43 bits per heavy atom. The summed E-state index contributed by atoms with van der Waals surface area (Å²) in [4.78, 5) is 10.6. The molecule has 0 atom stereocenters. The van der Waals surface area contributed by atoms with E-state index in [1.54, 1.807) is 13.0 Å². The van der Waals surface area contributed by atoms with E-state index < -0.39 is 11.8 Å². The first-order chi connectivity index (χ1) is 6.62. The molecule has 1 fully saturated rings. The van der Waals surface area contributed by atoms with Gasteiger partial charge in [-0.3, -0.25) is 0 Å². The van der Waals surface area contributed by atoms with Crippen LogP contribution in [0.3, 0.4) is 0 Å². The highest BCUT2D eigenvalue weighted by Crippen LogP contribution is 2.31. The standard InChI is InChI=1S/C9H10O5/c1-9(12-4-5-13-9)7-3-2-6(14-7)8(10)11/h2-3H,4-5H2,1H3,(H,10,11). The number of aromatic carboxylic acids is 1. The van der Waals surface area contributed by atoms with E-state index in [1.165, 1.54) is 6.07 Å². The van der Waals surface area contributed by atoms with Gasteiger partial charge in [-0.05, 0) is 19.1 Å². The average Bonchev–Trinajstić information content (AvgIpc) is 2.71. The van der Waals surface area contributed by atoms with Crippen molar-refractivity contribution in [1.29, 1.82) is 0 Å².